The van der Waals surface area contributed by atoms with Crippen LogP contribution in [0.5, 0.6) is 11.5 Å². The van der Waals surface area contributed by atoms with Gasteiger partial charge in [-0.05, 0) is 50.3 Å². The van der Waals surface area contributed by atoms with E-state index < -0.39 is 11.4 Å². The lowest BCUT2D eigenvalue weighted by atomic mass is 9.81. The maximum Gasteiger partial charge on any atom is 0.311 e. The van der Waals surface area contributed by atoms with E-state index in [0.29, 0.717) is 25.7 Å². The highest BCUT2D eigenvalue weighted by atomic mass is 16.5. The minimum Gasteiger partial charge on any atom is -0.490 e. The summed E-state index contributed by atoms with van der Waals surface area (Å²) in [6.45, 7) is 7.41. The van der Waals surface area contributed by atoms with E-state index in [1.165, 1.54) is 0 Å². The van der Waals surface area contributed by atoms with Crippen LogP contribution in [0, 0.1) is 11.3 Å². The van der Waals surface area contributed by atoms with Gasteiger partial charge in [0, 0.05) is 19.6 Å². The van der Waals surface area contributed by atoms with Crippen molar-refractivity contribution >= 4 is 5.97 Å². The number of fused-ring (bicyclic) bond motifs is 1. The number of carboxylic acid groups (broad SMARTS) is 1. The Morgan fingerprint density at radius 1 is 1.29 bits per heavy atom. The van der Waals surface area contributed by atoms with Crippen molar-refractivity contribution in [3.05, 3.63) is 23.8 Å². The zero-order valence-electron chi connectivity index (χ0n) is 14.6. The number of ether oxygens (including phenoxy) is 2. The van der Waals surface area contributed by atoms with Gasteiger partial charge in [0.05, 0.1) is 18.6 Å². The van der Waals surface area contributed by atoms with Crippen LogP contribution in [0.4, 0.5) is 0 Å². The first-order valence-corrected chi connectivity index (χ1v) is 8.93. The molecule has 24 heavy (non-hydrogen) atoms. The molecule has 1 aliphatic heterocycles. The van der Waals surface area contributed by atoms with E-state index in [1.54, 1.807) is 0 Å². The van der Waals surface area contributed by atoms with Crippen LogP contribution in [0.15, 0.2) is 18.2 Å². The third-order valence-corrected chi connectivity index (χ3v) is 5.38. The predicted octanol–water partition coefficient (Wildman–Crippen LogP) is 3.17. The van der Waals surface area contributed by atoms with Gasteiger partial charge < -0.3 is 14.6 Å². The molecule has 2 atom stereocenters. The minimum absolute atomic E-state index is 0.295. The molecule has 1 aromatic carbocycles. The number of carboxylic acids is 1. The fourth-order valence-corrected chi connectivity index (χ4v) is 4.32. The van der Waals surface area contributed by atoms with Crippen molar-refractivity contribution in [3.63, 3.8) is 0 Å². The van der Waals surface area contributed by atoms with Gasteiger partial charge in [-0.15, -0.1) is 0 Å². The van der Waals surface area contributed by atoms with Crippen LogP contribution in [0.1, 0.15) is 38.7 Å². The number of benzene rings is 1. The molecule has 0 bridgehead atoms. The van der Waals surface area contributed by atoms with E-state index in [2.05, 4.69) is 11.0 Å². The fraction of sp³-hybridized carbons (Fsp3) is 0.632. The topological polar surface area (TPSA) is 59.0 Å². The lowest BCUT2D eigenvalue weighted by Gasteiger charge is -2.23. The summed E-state index contributed by atoms with van der Waals surface area (Å²) >= 11 is 0. The van der Waals surface area contributed by atoms with Crippen molar-refractivity contribution in [2.24, 2.45) is 11.3 Å². The summed E-state index contributed by atoms with van der Waals surface area (Å²) in [7, 11) is 0. The number of hydrogen-bond acceptors (Lipinski definition) is 4. The SMILES string of the molecule is CCOc1ccc(CN2C[C@@H]3CCC[C@@]3(C(=O)O)C2)cc1OCC. The summed E-state index contributed by atoms with van der Waals surface area (Å²) in [4.78, 5) is 14.1. The lowest BCUT2D eigenvalue weighted by molar-refractivity contribution is -0.149. The van der Waals surface area contributed by atoms with Gasteiger partial charge in [0.15, 0.2) is 11.5 Å². The molecule has 1 N–H and O–H groups in total. The first-order chi connectivity index (χ1) is 11.6. The van der Waals surface area contributed by atoms with Crippen LogP contribution >= 0.6 is 0 Å². The van der Waals surface area contributed by atoms with Gasteiger partial charge in [-0.3, -0.25) is 9.69 Å². The number of aliphatic carboxylic acids is 1. The van der Waals surface area contributed by atoms with Gasteiger partial charge in [0.1, 0.15) is 0 Å². The van der Waals surface area contributed by atoms with E-state index in [0.717, 1.165) is 49.4 Å². The second-order valence-electron chi connectivity index (χ2n) is 6.87. The van der Waals surface area contributed by atoms with E-state index in [1.807, 2.05) is 26.0 Å². The van der Waals surface area contributed by atoms with Gasteiger partial charge in [0.2, 0.25) is 0 Å². The molecule has 5 heteroatoms. The van der Waals surface area contributed by atoms with Crippen molar-refractivity contribution in [1.82, 2.24) is 4.90 Å². The molecule has 1 saturated carbocycles. The Bertz CT molecular complexity index is 603. The second kappa shape index (κ2) is 7.01. The van der Waals surface area contributed by atoms with Gasteiger partial charge >= 0.3 is 5.97 Å². The molecule has 0 radical (unpaired) electrons. The number of nitrogens with zero attached hydrogens (tertiary/aromatic N) is 1. The first-order valence-electron chi connectivity index (χ1n) is 8.93. The predicted molar refractivity (Wildman–Crippen MR) is 91.5 cm³/mol. The number of hydrogen-bond donors (Lipinski definition) is 1. The Morgan fingerprint density at radius 2 is 2.04 bits per heavy atom. The average molecular weight is 333 g/mol. The maximum absolute atomic E-state index is 11.8. The van der Waals surface area contributed by atoms with Crippen LogP contribution < -0.4 is 9.47 Å². The molecule has 132 valence electrons. The average Bonchev–Trinajstić information content (AvgIpc) is 3.08. The molecule has 2 fully saturated rings. The molecule has 1 aliphatic carbocycles. The zero-order chi connectivity index (χ0) is 17.2. The molecule has 1 saturated heterocycles. The van der Waals surface area contributed by atoms with E-state index >= 15 is 0 Å². The molecular weight excluding hydrogens is 306 g/mol. The largest absolute Gasteiger partial charge is 0.490 e. The number of carbonyl (C=O) groups is 1. The molecule has 0 unspecified atom stereocenters. The molecule has 1 heterocycles. The third-order valence-electron chi connectivity index (χ3n) is 5.38. The van der Waals surface area contributed by atoms with Crippen LogP contribution in [-0.4, -0.2) is 42.3 Å². The van der Waals surface area contributed by atoms with Crippen molar-refractivity contribution < 1.29 is 19.4 Å². The summed E-state index contributed by atoms with van der Waals surface area (Å²) in [5.74, 6) is 1.21. The first kappa shape index (κ1) is 17.1. The number of likely N-dealkylation sites (tertiary alicyclic amines) is 1. The molecule has 1 aromatic rings. The highest BCUT2D eigenvalue weighted by molar-refractivity contribution is 5.76. The van der Waals surface area contributed by atoms with Gasteiger partial charge in [-0.1, -0.05) is 12.5 Å². The fourth-order valence-electron chi connectivity index (χ4n) is 4.32. The Labute approximate surface area is 143 Å². The van der Waals surface area contributed by atoms with Crippen molar-refractivity contribution in [1.29, 1.82) is 0 Å². The second-order valence-corrected chi connectivity index (χ2v) is 6.87. The molecule has 0 spiro atoms. The standard InChI is InChI=1S/C19H27NO4/c1-3-23-16-8-7-14(10-17(16)24-4-2)11-20-12-15-6-5-9-19(15,13-20)18(21)22/h7-8,10,15H,3-6,9,11-13H2,1-2H3,(H,21,22)/t15-,19+/m0/s1. The number of rotatable bonds is 7. The van der Waals surface area contributed by atoms with E-state index in [9.17, 15) is 9.90 Å². The van der Waals surface area contributed by atoms with Crippen LogP contribution in [-0.2, 0) is 11.3 Å². The van der Waals surface area contributed by atoms with Crippen molar-refractivity contribution in [3.8, 4) is 11.5 Å². The Kier molecular flexibility index (Phi) is 4.99. The van der Waals surface area contributed by atoms with Crippen LogP contribution in [0.3, 0.4) is 0 Å². The zero-order valence-corrected chi connectivity index (χ0v) is 14.6. The van der Waals surface area contributed by atoms with Crippen LogP contribution in [0.25, 0.3) is 0 Å². The molecule has 0 aromatic heterocycles. The normalized spacial score (nSPS) is 26.3. The molecular formula is C19H27NO4. The molecule has 3 rings (SSSR count). The maximum atomic E-state index is 11.8. The Hall–Kier alpha value is -1.75. The summed E-state index contributed by atoms with van der Waals surface area (Å²) < 4.78 is 11.3. The molecule has 0 amide bonds. The molecule has 5 nitrogen and oxygen atoms in total. The van der Waals surface area contributed by atoms with Gasteiger partial charge in [-0.25, -0.2) is 0 Å². The van der Waals surface area contributed by atoms with E-state index in [-0.39, 0.29) is 0 Å². The highest BCUT2D eigenvalue weighted by Gasteiger charge is 2.54. The third kappa shape index (κ3) is 3.09. The van der Waals surface area contributed by atoms with Crippen molar-refractivity contribution in [2.75, 3.05) is 26.3 Å². The van der Waals surface area contributed by atoms with Crippen LogP contribution in [0.2, 0.25) is 0 Å². The van der Waals surface area contributed by atoms with E-state index in [4.69, 9.17) is 9.47 Å². The Morgan fingerprint density at radius 3 is 2.71 bits per heavy atom. The summed E-state index contributed by atoms with van der Waals surface area (Å²) in [6.07, 6.45) is 2.90. The van der Waals surface area contributed by atoms with Crippen molar-refractivity contribution in [2.45, 2.75) is 39.7 Å². The highest BCUT2D eigenvalue weighted by Crippen LogP contribution is 2.49. The summed E-state index contributed by atoms with van der Waals surface area (Å²) in [5, 5.41) is 9.70. The summed E-state index contributed by atoms with van der Waals surface area (Å²) in [6, 6.07) is 6.03. The smallest absolute Gasteiger partial charge is 0.311 e. The van der Waals surface area contributed by atoms with Gasteiger partial charge in [0.25, 0.3) is 0 Å². The lowest BCUT2D eigenvalue weighted by Crippen LogP contribution is -2.35. The minimum atomic E-state index is -0.616. The quantitative estimate of drug-likeness (QED) is 0.830. The summed E-state index contributed by atoms with van der Waals surface area (Å²) in [5.41, 5.74) is 0.621. The molecule has 2 aliphatic rings. The Balaban J connectivity index is 1.73. The van der Waals surface area contributed by atoms with Gasteiger partial charge in [-0.2, -0.15) is 0 Å². The monoisotopic (exact) mass is 333 g/mol.